The summed E-state index contributed by atoms with van der Waals surface area (Å²) in [6.07, 6.45) is 6.18. The lowest BCUT2D eigenvalue weighted by atomic mass is 9.87. The van der Waals surface area contributed by atoms with Gasteiger partial charge >= 0.3 is 0 Å². The third-order valence-corrected chi connectivity index (χ3v) is 3.23. The molecule has 0 radical (unpaired) electrons. The number of hydrogen-bond acceptors (Lipinski definition) is 2. The van der Waals surface area contributed by atoms with Gasteiger partial charge in [-0.1, -0.05) is 40.0 Å². The zero-order valence-corrected chi connectivity index (χ0v) is 12.1. The number of nitrogens with one attached hydrogen (secondary N) is 2. The van der Waals surface area contributed by atoms with Crippen LogP contribution in [0.2, 0.25) is 0 Å². The first-order valence-corrected chi connectivity index (χ1v) is 6.91. The Morgan fingerprint density at radius 2 is 2.05 bits per heavy atom. The number of aromatic nitrogens is 1. The highest BCUT2D eigenvalue weighted by Crippen LogP contribution is 2.22. The standard InChI is InChI=1S/C15H24N2O2/c1-4-5-6-9-15(2,3)11-17-14(19)12-7-8-13(18)16-10-12/h7-8,10H,4-6,9,11H2,1-3H3,(H,16,18)(H,17,19). The van der Waals surface area contributed by atoms with Gasteiger partial charge in [0.2, 0.25) is 5.56 Å². The van der Waals surface area contributed by atoms with E-state index in [4.69, 9.17) is 0 Å². The van der Waals surface area contributed by atoms with Crippen LogP contribution in [0.4, 0.5) is 0 Å². The summed E-state index contributed by atoms with van der Waals surface area (Å²) < 4.78 is 0. The maximum absolute atomic E-state index is 11.9. The van der Waals surface area contributed by atoms with Gasteiger partial charge in [-0.3, -0.25) is 9.59 Å². The Kier molecular flexibility index (Phi) is 5.80. The first-order chi connectivity index (χ1) is 8.94. The molecule has 0 aliphatic carbocycles. The van der Waals surface area contributed by atoms with Crippen LogP contribution in [0.5, 0.6) is 0 Å². The molecule has 1 aromatic heterocycles. The van der Waals surface area contributed by atoms with E-state index in [2.05, 4.69) is 31.1 Å². The zero-order valence-electron chi connectivity index (χ0n) is 12.1. The smallest absolute Gasteiger partial charge is 0.252 e. The first-order valence-electron chi connectivity index (χ1n) is 6.91. The topological polar surface area (TPSA) is 62.0 Å². The van der Waals surface area contributed by atoms with Gasteiger partial charge in [0.15, 0.2) is 0 Å². The quantitative estimate of drug-likeness (QED) is 0.744. The molecule has 0 aliphatic heterocycles. The van der Waals surface area contributed by atoms with Gasteiger partial charge in [-0.2, -0.15) is 0 Å². The van der Waals surface area contributed by atoms with Gasteiger partial charge in [0.25, 0.3) is 5.91 Å². The summed E-state index contributed by atoms with van der Waals surface area (Å²) >= 11 is 0. The van der Waals surface area contributed by atoms with Crippen LogP contribution in [-0.2, 0) is 0 Å². The molecular weight excluding hydrogens is 240 g/mol. The van der Waals surface area contributed by atoms with Crippen molar-refractivity contribution in [2.24, 2.45) is 5.41 Å². The van der Waals surface area contributed by atoms with Crippen molar-refractivity contribution in [3.05, 3.63) is 34.2 Å². The SMILES string of the molecule is CCCCCC(C)(C)CNC(=O)c1ccc(=O)[nH]c1. The molecule has 2 N–H and O–H groups in total. The summed E-state index contributed by atoms with van der Waals surface area (Å²) in [4.78, 5) is 25.3. The van der Waals surface area contributed by atoms with Crippen LogP contribution in [0.1, 0.15) is 56.8 Å². The molecule has 106 valence electrons. The van der Waals surface area contributed by atoms with E-state index in [9.17, 15) is 9.59 Å². The summed E-state index contributed by atoms with van der Waals surface area (Å²) in [5.74, 6) is -0.139. The summed E-state index contributed by atoms with van der Waals surface area (Å²) in [6, 6.07) is 2.90. The summed E-state index contributed by atoms with van der Waals surface area (Å²) in [5.41, 5.74) is 0.396. The second kappa shape index (κ2) is 7.12. The molecule has 0 aliphatic rings. The van der Waals surface area contributed by atoms with Crippen molar-refractivity contribution in [1.82, 2.24) is 10.3 Å². The average molecular weight is 264 g/mol. The second-order valence-corrected chi connectivity index (χ2v) is 5.75. The fraction of sp³-hybridized carbons (Fsp3) is 0.600. The number of unbranched alkanes of at least 4 members (excludes halogenated alkanes) is 2. The normalized spacial score (nSPS) is 11.3. The third-order valence-electron chi connectivity index (χ3n) is 3.23. The van der Waals surface area contributed by atoms with E-state index < -0.39 is 0 Å². The summed E-state index contributed by atoms with van der Waals surface area (Å²) in [5, 5.41) is 2.92. The lowest BCUT2D eigenvalue weighted by Crippen LogP contribution is -2.34. The van der Waals surface area contributed by atoms with E-state index in [1.54, 1.807) is 0 Å². The molecule has 1 aromatic rings. The first kappa shape index (κ1) is 15.5. The van der Waals surface area contributed by atoms with Gasteiger partial charge in [-0.25, -0.2) is 0 Å². The molecule has 0 saturated carbocycles. The highest BCUT2D eigenvalue weighted by atomic mass is 16.1. The average Bonchev–Trinajstić information content (AvgIpc) is 2.37. The highest BCUT2D eigenvalue weighted by Gasteiger charge is 2.18. The number of pyridine rings is 1. The highest BCUT2D eigenvalue weighted by molar-refractivity contribution is 5.93. The maximum atomic E-state index is 11.9. The van der Waals surface area contributed by atoms with E-state index in [-0.39, 0.29) is 16.9 Å². The predicted molar refractivity (Wildman–Crippen MR) is 77.3 cm³/mol. The minimum absolute atomic E-state index is 0.104. The van der Waals surface area contributed by atoms with Gasteiger partial charge in [0.1, 0.15) is 0 Å². The van der Waals surface area contributed by atoms with Crippen molar-refractivity contribution in [3.63, 3.8) is 0 Å². The molecule has 0 aromatic carbocycles. The molecule has 4 nitrogen and oxygen atoms in total. The molecule has 1 heterocycles. The van der Waals surface area contributed by atoms with Gasteiger partial charge in [0.05, 0.1) is 5.56 Å². The minimum atomic E-state index is -0.198. The Morgan fingerprint density at radius 1 is 1.32 bits per heavy atom. The molecule has 0 saturated heterocycles. The van der Waals surface area contributed by atoms with Crippen molar-refractivity contribution < 1.29 is 4.79 Å². The Balaban J connectivity index is 2.44. The van der Waals surface area contributed by atoms with Crippen molar-refractivity contribution in [1.29, 1.82) is 0 Å². The molecule has 4 heteroatoms. The number of rotatable bonds is 7. The van der Waals surface area contributed by atoms with Crippen molar-refractivity contribution in [2.75, 3.05) is 6.54 Å². The summed E-state index contributed by atoms with van der Waals surface area (Å²) in [6.45, 7) is 7.16. The molecule has 1 rings (SSSR count). The number of carbonyl (C=O) groups excluding carboxylic acids is 1. The van der Waals surface area contributed by atoms with E-state index in [1.807, 2.05) is 0 Å². The van der Waals surface area contributed by atoms with Crippen LogP contribution in [0.3, 0.4) is 0 Å². The van der Waals surface area contributed by atoms with Gasteiger partial charge in [-0.05, 0) is 17.9 Å². The van der Waals surface area contributed by atoms with Crippen LogP contribution in [0, 0.1) is 5.41 Å². The molecular formula is C15H24N2O2. The molecule has 0 bridgehead atoms. The Labute approximate surface area is 114 Å². The zero-order chi connectivity index (χ0) is 14.3. The Hall–Kier alpha value is -1.58. The van der Waals surface area contributed by atoms with Crippen LogP contribution in [0.15, 0.2) is 23.1 Å². The number of H-pyrrole nitrogens is 1. The van der Waals surface area contributed by atoms with E-state index in [1.165, 1.54) is 37.6 Å². The Bertz CT molecular complexity index is 443. The van der Waals surface area contributed by atoms with Crippen molar-refractivity contribution >= 4 is 5.91 Å². The van der Waals surface area contributed by atoms with Gasteiger partial charge < -0.3 is 10.3 Å². The predicted octanol–water partition coefficient (Wildman–Crippen LogP) is 2.71. The second-order valence-electron chi connectivity index (χ2n) is 5.75. The Morgan fingerprint density at radius 3 is 2.63 bits per heavy atom. The largest absolute Gasteiger partial charge is 0.351 e. The lowest BCUT2D eigenvalue weighted by Gasteiger charge is -2.24. The molecule has 0 fully saturated rings. The van der Waals surface area contributed by atoms with Crippen LogP contribution < -0.4 is 10.9 Å². The fourth-order valence-corrected chi connectivity index (χ4v) is 1.92. The molecule has 0 spiro atoms. The van der Waals surface area contributed by atoms with Crippen LogP contribution >= 0.6 is 0 Å². The molecule has 0 unspecified atom stereocenters. The fourth-order valence-electron chi connectivity index (χ4n) is 1.92. The number of carbonyl (C=O) groups is 1. The van der Waals surface area contributed by atoms with E-state index in [0.717, 1.165) is 6.42 Å². The summed E-state index contributed by atoms with van der Waals surface area (Å²) in [7, 11) is 0. The van der Waals surface area contributed by atoms with Crippen molar-refractivity contribution in [3.8, 4) is 0 Å². The maximum Gasteiger partial charge on any atom is 0.252 e. The number of hydrogen-bond donors (Lipinski definition) is 2. The van der Waals surface area contributed by atoms with Crippen molar-refractivity contribution in [2.45, 2.75) is 46.5 Å². The minimum Gasteiger partial charge on any atom is -0.351 e. The van der Waals surface area contributed by atoms with Gasteiger partial charge in [-0.15, -0.1) is 0 Å². The monoisotopic (exact) mass is 264 g/mol. The van der Waals surface area contributed by atoms with Gasteiger partial charge in [0, 0.05) is 18.8 Å². The molecule has 19 heavy (non-hydrogen) atoms. The van der Waals surface area contributed by atoms with E-state index >= 15 is 0 Å². The number of aromatic amines is 1. The van der Waals surface area contributed by atoms with Crippen LogP contribution in [0.25, 0.3) is 0 Å². The molecule has 1 amide bonds. The molecule has 0 atom stereocenters. The van der Waals surface area contributed by atoms with Crippen LogP contribution in [-0.4, -0.2) is 17.4 Å². The third kappa shape index (κ3) is 5.73. The number of amides is 1. The lowest BCUT2D eigenvalue weighted by molar-refractivity contribution is 0.0933. The van der Waals surface area contributed by atoms with E-state index in [0.29, 0.717) is 12.1 Å².